The van der Waals surface area contributed by atoms with Crippen LogP contribution < -0.4 is 10.1 Å². The molecule has 0 fully saturated rings. The summed E-state index contributed by atoms with van der Waals surface area (Å²) >= 11 is 12.4. The van der Waals surface area contributed by atoms with E-state index in [0.717, 1.165) is 5.56 Å². The van der Waals surface area contributed by atoms with Crippen LogP contribution in [0.1, 0.15) is 45.2 Å². The van der Waals surface area contributed by atoms with Crippen molar-refractivity contribution in [3.8, 4) is 5.75 Å². The summed E-state index contributed by atoms with van der Waals surface area (Å²) in [5, 5.41) is 3.91. The number of hydrogen-bond acceptors (Lipinski definition) is 3. The molecule has 0 aliphatic rings. The number of halogens is 2. The number of carbonyl (C=O) groups excluding carboxylic acids is 2. The minimum atomic E-state index is -0.667. The second-order valence-corrected chi connectivity index (χ2v) is 9.37. The van der Waals surface area contributed by atoms with E-state index in [-0.39, 0.29) is 25.0 Å². The van der Waals surface area contributed by atoms with Crippen LogP contribution in [0.25, 0.3) is 0 Å². The van der Waals surface area contributed by atoms with Gasteiger partial charge in [-0.25, -0.2) is 0 Å². The fraction of sp³-hybridized carbons (Fsp3) is 0.417. The van der Waals surface area contributed by atoms with Crippen molar-refractivity contribution < 1.29 is 14.3 Å². The molecular formula is C24H30Cl2N2O3. The summed E-state index contributed by atoms with van der Waals surface area (Å²) in [4.78, 5) is 27.7. The van der Waals surface area contributed by atoms with Gasteiger partial charge in [0, 0.05) is 22.1 Å². The first-order chi connectivity index (χ1) is 14.5. The summed E-state index contributed by atoms with van der Waals surface area (Å²) < 4.78 is 5.69. The maximum absolute atomic E-state index is 13.2. The zero-order valence-electron chi connectivity index (χ0n) is 18.7. The lowest BCUT2D eigenvalue weighted by Crippen LogP contribution is -2.54. The van der Waals surface area contributed by atoms with E-state index in [1.807, 2.05) is 58.9 Å². The lowest BCUT2D eigenvalue weighted by Gasteiger charge is -2.33. The molecule has 0 radical (unpaired) electrons. The third kappa shape index (κ3) is 7.75. The number of hydrogen-bond donors (Lipinski definition) is 1. The molecule has 2 amide bonds. The molecule has 0 bridgehead atoms. The number of ether oxygens (including phenoxy) is 1. The SMILES string of the molecule is CC[C@H](C(=O)NC(C)(C)C)N(Cc1ccc(Cl)cc1Cl)C(=O)COc1ccc(C)cc1. The quantitative estimate of drug-likeness (QED) is 0.568. The van der Waals surface area contributed by atoms with Gasteiger partial charge in [-0.1, -0.05) is 53.9 Å². The number of nitrogens with one attached hydrogen (secondary N) is 1. The van der Waals surface area contributed by atoms with Gasteiger partial charge in [-0.3, -0.25) is 9.59 Å². The highest BCUT2D eigenvalue weighted by molar-refractivity contribution is 6.35. The van der Waals surface area contributed by atoms with E-state index in [1.54, 1.807) is 18.2 Å². The molecule has 1 N–H and O–H groups in total. The van der Waals surface area contributed by atoms with Gasteiger partial charge >= 0.3 is 0 Å². The monoisotopic (exact) mass is 464 g/mol. The molecule has 0 saturated carbocycles. The molecule has 2 aromatic carbocycles. The molecule has 0 spiro atoms. The van der Waals surface area contributed by atoms with Crippen LogP contribution in [0.15, 0.2) is 42.5 Å². The average molecular weight is 465 g/mol. The minimum Gasteiger partial charge on any atom is -0.484 e. The van der Waals surface area contributed by atoms with E-state index in [4.69, 9.17) is 27.9 Å². The average Bonchev–Trinajstić information content (AvgIpc) is 2.67. The summed E-state index contributed by atoms with van der Waals surface area (Å²) in [5.74, 6) is 0.0712. The number of aryl methyl sites for hydroxylation is 1. The molecule has 0 saturated heterocycles. The molecule has 2 aromatic rings. The van der Waals surface area contributed by atoms with Gasteiger partial charge in [0.2, 0.25) is 5.91 Å². The minimum absolute atomic E-state index is 0.169. The number of benzene rings is 2. The number of nitrogens with zero attached hydrogens (tertiary/aromatic N) is 1. The van der Waals surface area contributed by atoms with Gasteiger partial charge in [0.05, 0.1) is 0 Å². The Balaban J connectivity index is 2.27. The molecule has 0 unspecified atom stereocenters. The van der Waals surface area contributed by atoms with Crippen LogP contribution in [0.3, 0.4) is 0 Å². The Kier molecular flexibility index (Phi) is 8.78. The molecule has 31 heavy (non-hydrogen) atoms. The zero-order valence-corrected chi connectivity index (χ0v) is 20.2. The molecule has 7 heteroatoms. The van der Waals surface area contributed by atoms with Crippen molar-refractivity contribution >= 4 is 35.0 Å². The summed E-state index contributed by atoms with van der Waals surface area (Å²) in [5.41, 5.74) is 1.38. The van der Waals surface area contributed by atoms with Crippen molar-refractivity contribution in [1.29, 1.82) is 0 Å². The Labute approximate surface area is 194 Å². The van der Waals surface area contributed by atoms with Gasteiger partial charge in [-0.2, -0.15) is 0 Å². The Morgan fingerprint density at radius 3 is 2.29 bits per heavy atom. The topological polar surface area (TPSA) is 58.6 Å². The fourth-order valence-corrected chi connectivity index (χ4v) is 3.54. The largest absolute Gasteiger partial charge is 0.484 e. The summed E-state index contributed by atoms with van der Waals surface area (Å²) in [6.45, 7) is 9.54. The highest BCUT2D eigenvalue weighted by Crippen LogP contribution is 2.24. The molecule has 0 aliphatic heterocycles. The third-order valence-electron chi connectivity index (χ3n) is 4.62. The standard InChI is InChI=1S/C24H30Cl2N2O3/c1-6-21(23(30)27-24(3,4)5)28(14-17-9-10-18(25)13-20(17)26)22(29)15-31-19-11-7-16(2)8-12-19/h7-13,21H,6,14-15H2,1-5H3,(H,27,30)/t21-/m1/s1. The first-order valence-electron chi connectivity index (χ1n) is 10.2. The Hall–Kier alpha value is -2.24. The molecule has 0 aliphatic carbocycles. The van der Waals surface area contributed by atoms with Crippen LogP contribution in [0.4, 0.5) is 0 Å². The summed E-state index contributed by atoms with van der Waals surface area (Å²) in [7, 11) is 0. The molecule has 0 aromatic heterocycles. The van der Waals surface area contributed by atoms with Crippen molar-refractivity contribution in [3.63, 3.8) is 0 Å². The number of carbonyl (C=O) groups is 2. The lowest BCUT2D eigenvalue weighted by molar-refractivity contribution is -0.143. The Morgan fingerprint density at radius 1 is 1.10 bits per heavy atom. The predicted molar refractivity (Wildman–Crippen MR) is 126 cm³/mol. The lowest BCUT2D eigenvalue weighted by atomic mass is 10.1. The van der Waals surface area contributed by atoms with Crippen molar-refractivity contribution in [1.82, 2.24) is 10.2 Å². The Morgan fingerprint density at radius 2 is 1.74 bits per heavy atom. The first kappa shape index (κ1) is 25.0. The van der Waals surface area contributed by atoms with Gasteiger partial charge in [0.15, 0.2) is 6.61 Å². The third-order valence-corrected chi connectivity index (χ3v) is 5.21. The van der Waals surface area contributed by atoms with Gasteiger partial charge in [0.25, 0.3) is 5.91 Å². The zero-order chi connectivity index (χ0) is 23.2. The smallest absolute Gasteiger partial charge is 0.261 e. The molecule has 0 heterocycles. The van der Waals surface area contributed by atoms with Gasteiger partial charge in [-0.05, 0) is 63.9 Å². The van der Waals surface area contributed by atoms with Gasteiger partial charge in [0.1, 0.15) is 11.8 Å². The van der Waals surface area contributed by atoms with Crippen LogP contribution in [0.2, 0.25) is 10.0 Å². The van der Waals surface area contributed by atoms with E-state index in [2.05, 4.69) is 5.32 Å². The van der Waals surface area contributed by atoms with Gasteiger partial charge < -0.3 is 15.0 Å². The highest BCUT2D eigenvalue weighted by atomic mass is 35.5. The molecule has 5 nitrogen and oxygen atoms in total. The van der Waals surface area contributed by atoms with Crippen molar-refractivity contribution in [2.24, 2.45) is 0 Å². The first-order valence-corrected chi connectivity index (χ1v) is 11.0. The van der Waals surface area contributed by atoms with Crippen molar-refractivity contribution in [3.05, 3.63) is 63.6 Å². The Bertz CT molecular complexity index is 908. The van der Waals surface area contributed by atoms with Crippen molar-refractivity contribution in [2.75, 3.05) is 6.61 Å². The fourth-order valence-electron chi connectivity index (χ4n) is 3.07. The summed E-state index contributed by atoms with van der Waals surface area (Å²) in [6.07, 6.45) is 0.448. The summed E-state index contributed by atoms with van der Waals surface area (Å²) in [6, 6.07) is 11.9. The van der Waals surface area contributed by atoms with E-state index >= 15 is 0 Å². The van der Waals surface area contributed by atoms with E-state index in [1.165, 1.54) is 4.90 Å². The molecule has 1 atom stereocenters. The molecule has 2 rings (SSSR count). The van der Waals surface area contributed by atoms with Crippen molar-refractivity contribution in [2.45, 2.75) is 59.2 Å². The van der Waals surface area contributed by atoms with Gasteiger partial charge in [-0.15, -0.1) is 0 Å². The van der Waals surface area contributed by atoms with E-state index in [0.29, 0.717) is 27.8 Å². The predicted octanol–water partition coefficient (Wildman–Crippen LogP) is 5.40. The van der Waals surface area contributed by atoms with E-state index in [9.17, 15) is 9.59 Å². The number of rotatable bonds is 8. The maximum atomic E-state index is 13.2. The highest BCUT2D eigenvalue weighted by Gasteiger charge is 2.31. The molecule has 168 valence electrons. The number of amides is 2. The van der Waals surface area contributed by atoms with Crippen LogP contribution >= 0.6 is 23.2 Å². The van der Waals surface area contributed by atoms with Crippen LogP contribution in [-0.4, -0.2) is 34.9 Å². The van der Waals surface area contributed by atoms with Crippen LogP contribution in [-0.2, 0) is 16.1 Å². The normalized spacial score (nSPS) is 12.2. The second-order valence-electron chi connectivity index (χ2n) is 8.52. The maximum Gasteiger partial charge on any atom is 0.261 e. The molecular weight excluding hydrogens is 435 g/mol. The van der Waals surface area contributed by atoms with Crippen LogP contribution in [0.5, 0.6) is 5.75 Å². The van der Waals surface area contributed by atoms with Crippen LogP contribution in [0, 0.1) is 6.92 Å². The van der Waals surface area contributed by atoms with E-state index < -0.39 is 11.6 Å². The second kappa shape index (κ2) is 10.9.